The van der Waals surface area contributed by atoms with Crippen LogP contribution < -0.4 is 0 Å². The molecular weight excluding hydrogens is 168 g/mol. The Morgan fingerprint density at radius 2 is 2.31 bits per heavy atom. The van der Waals surface area contributed by atoms with Gasteiger partial charge in [0.05, 0.1) is 5.69 Å². The third-order valence-electron chi connectivity index (χ3n) is 2.19. The third-order valence-corrected chi connectivity index (χ3v) is 2.19. The van der Waals surface area contributed by atoms with Crippen LogP contribution in [0.15, 0.2) is 6.07 Å². The number of carboxylic acid groups (broad SMARTS) is 1. The normalized spacial score (nSPS) is 11.6. The van der Waals surface area contributed by atoms with Gasteiger partial charge >= 0.3 is 5.97 Å². The lowest BCUT2D eigenvalue weighted by Crippen LogP contribution is -2.28. The van der Waals surface area contributed by atoms with E-state index in [-0.39, 0.29) is 0 Å². The predicted octanol–water partition coefficient (Wildman–Crippen LogP) is 1.33. The number of nitrogens with one attached hydrogen (secondary N) is 1. The Morgan fingerprint density at radius 1 is 1.69 bits per heavy atom. The molecule has 0 aromatic carbocycles. The van der Waals surface area contributed by atoms with Crippen molar-refractivity contribution in [3.8, 4) is 0 Å². The minimum atomic E-state index is -0.913. The number of hydrogen-bond donors (Lipinski definition) is 2. The summed E-state index contributed by atoms with van der Waals surface area (Å²) < 4.78 is 0. The maximum atomic E-state index is 10.9. The average molecular weight is 182 g/mol. The van der Waals surface area contributed by atoms with E-state index in [1.807, 2.05) is 6.92 Å². The molecular formula is C9H14N2O2. The van der Waals surface area contributed by atoms with E-state index in [2.05, 4.69) is 10.2 Å². The molecule has 1 heterocycles. The quantitative estimate of drug-likeness (QED) is 0.741. The Morgan fingerprint density at radius 3 is 2.69 bits per heavy atom. The average Bonchev–Trinajstić information content (AvgIpc) is 2.51. The lowest BCUT2D eigenvalue weighted by Gasteiger charge is -2.15. The number of carboxylic acids is 1. The van der Waals surface area contributed by atoms with Gasteiger partial charge in [0.25, 0.3) is 0 Å². The maximum Gasteiger partial charge on any atom is 0.315 e. The first-order valence-corrected chi connectivity index (χ1v) is 4.26. The fraction of sp³-hybridized carbons (Fsp3) is 0.556. The van der Waals surface area contributed by atoms with Crippen molar-refractivity contribution < 1.29 is 9.90 Å². The first-order chi connectivity index (χ1) is 5.98. The van der Waals surface area contributed by atoms with E-state index in [1.165, 1.54) is 0 Å². The van der Waals surface area contributed by atoms with Crippen LogP contribution in [-0.2, 0) is 16.6 Å². The van der Waals surface area contributed by atoms with Crippen molar-refractivity contribution in [1.29, 1.82) is 0 Å². The van der Waals surface area contributed by atoms with Gasteiger partial charge in [0.2, 0.25) is 0 Å². The van der Waals surface area contributed by atoms with Crippen LogP contribution in [0.3, 0.4) is 0 Å². The summed E-state index contributed by atoms with van der Waals surface area (Å²) in [4.78, 5) is 10.9. The summed E-state index contributed by atoms with van der Waals surface area (Å²) >= 11 is 0. The molecule has 0 amide bonds. The number of aromatic nitrogens is 2. The molecule has 1 rings (SSSR count). The van der Waals surface area contributed by atoms with Gasteiger partial charge in [-0.1, -0.05) is 6.92 Å². The summed E-state index contributed by atoms with van der Waals surface area (Å²) in [5, 5.41) is 15.7. The summed E-state index contributed by atoms with van der Waals surface area (Å²) in [6.07, 6.45) is 0.836. The number of nitrogens with zero attached hydrogens (tertiary/aromatic N) is 1. The van der Waals surface area contributed by atoms with Crippen molar-refractivity contribution >= 4 is 5.97 Å². The highest BCUT2D eigenvalue weighted by molar-refractivity contribution is 5.79. The smallest absolute Gasteiger partial charge is 0.315 e. The summed E-state index contributed by atoms with van der Waals surface area (Å²) in [7, 11) is 0. The van der Waals surface area contributed by atoms with Gasteiger partial charge in [-0.25, -0.2) is 0 Å². The Balaban J connectivity index is 3.00. The van der Waals surface area contributed by atoms with E-state index in [4.69, 9.17) is 5.11 Å². The van der Waals surface area contributed by atoms with Gasteiger partial charge in [-0.15, -0.1) is 0 Å². The minimum Gasteiger partial charge on any atom is -0.481 e. The second-order valence-electron chi connectivity index (χ2n) is 3.56. The molecule has 0 fully saturated rings. The molecule has 0 unspecified atom stereocenters. The van der Waals surface area contributed by atoms with Crippen LogP contribution in [0, 0.1) is 0 Å². The lowest BCUT2D eigenvalue weighted by molar-refractivity contribution is -0.142. The Kier molecular flexibility index (Phi) is 2.40. The van der Waals surface area contributed by atoms with Gasteiger partial charge in [-0.05, 0) is 26.3 Å². The molecule has 0 saturated heterocycles. The number of aryl methyl sites for hydroxylation is 1. The van der Waals surface area contributed by atoms with Gasteiger partial charge in [-0.3, -0.25) is 9.89 Å². The number of aromatic amines is 1. The van der Waals surface area contributed by atoms with Crippen LogP contribution in [-0.4, -0.2) is 21.3 Å². The Hall–Kier alpha value is -1.32. The molecule has 0 radical (unpaired) electrons. The molecule has 1 aromatic rings. The summed E-state index contributed by atoms with van der Waals surface area (Å²) in [6, 6.07) is 1.80. The molecule has 0 aliphatic rings. The first kappa shape index (κ1) is 9.77. The molecule has 4 heteroatoms. The molecule has 13 heavy (non-hydrogen) atoms. The van der Waals surface area contributed by atoms with Crippen LogP contribution in [0.25, 0.3) is 0 Å². The van der Waals surface area contributed by atoms with Crippen molar-refractivity contribution in [2.75, 3.05) is 0 Å². The third kappa shape index (κ3) is 1.71. The van der Waals surface area contributed by atoms with Gasteiger partial charge < -0.3 is 5.11 Å². The van der Waals surface area contributed by atoms with Gasteiger partial charge in [-0.2, -0.15) is 5.10 Å². The molecule has 4 nitrogen and oxygen atoms in total. The lowest BCUT2D eigenvalue weighted by atomic mass is 9.89. The SMILES string of the molecule is CCc1cc(C(C)(C)C(=O)O)n[nH]1. The zero-order valence-electron chi connectivity index (χ0n) is 8.09. The molecule has 72 valence electrons. The largest absolute Gasteiger partial charge is 0.481 e. The van der Waals surface area contributed by atoms with Crippen LogP contribution in [0.1, 0.15) is 32.2 Å². The fourth-order valence-corrected chi connectivity index (χ4v) is 0.972. The van der Waals surface area contributed by atoms with Crippen LogP contribution in [0.2, 0.25) is 0 Å². The van der Waals surface area contributed by atoms with Crippen molar-refractivity contribution in [3.63, 3.8) is 0 Å². The van der Waals surface area contributed by atoms with Gasteiger partial charge in [0, 0.05) is 5.69 Å². The number of hydrogen-bond acceptors (Lipinski definition) is 2. The van der Waals surface area contributed by atoms with Crippen molar-refractivity contribution in [3.05, 3.63) is 17.5 Å². The van der Waals surface area contributed by atoms with E-state index >= 15 is 0 Å². The van der Waals surface area contributed by atoms with Crippen molar-refractivity contribution in [2.45, 2.75) is 32.6 Å². The van der Waals surface area contributed by atoms with Gasteiger partial charge in [0.1, 0.15) is 5.41 Å². The Labute approximate surface area is 77.0 Å². The van der Waals surface area contributed by atoms with Crippen LogP contribution in [0.5, 0.6) is 0 Å². The van der Waals surface area contributed by atoms with Crippen LogP contribution >= 0.6 is 0 Å². The summed E-state index contributed by atoms with van der Waals surface area (Å²) in [5.74, 6) is -0.860. The van der Waals surface area contributed by atoms with E-state index in [1.54, 1.807) is 19.9 Å². The van der Waals surface area contributed by atoms with Gasteiger partial charge in [0.15, 0.2) is 0 Å². The number of H-pyrrole nitrogens is 1. The standard InChI is InChI=1S/C9H14N2O2/c1-4-6-5-7(11-10-6)9(2,3)8(12)13/h5H,4H2,1-3H3,(H,10,11)(H,12,13). The zero-order valence-corrected chi connectivity index (χ0v) is 8.09. The first-order valence-electron chi connectivity index (χ1n) is 4.26. The highest BCUT2D eigenvalue weighted by Crippen LogP contribution is 2.21. The second kappa shape index (κ2) is 3.20. The molecule has 0 spiro atoms. The molecule has 0 bridgehead atoms. The molecule has 0 atom stereocenters. The highest BCUT2D eigenvalue weighted by atomic mass is 16.4. The fourth-order valence-electron chi connectivity index (χ4n) is 0.972. The van der Waals surface area contributed by atoms with E-state index in [0.29, 0.717) is 5.69 Å². The van der Waals surface area contributed by atoms with Crippen LogP contribution in [0.4, 0.5) is 0 Å². The zero-order chi connectivity index (χ0) is 10.1. The van der Waals surface area contributed by atoms with Crippen molar-refractivity contribution in [1.82, 2.24) is 10.2 Å². The second-order valence-corrected chi connectivity index (χ2v) is 3.56. The predicted molar refractivity (Wildman–Crippen MR) is 48.6 cm³/mol. The van der Waals surface area contributed by atoms with E-state index in [9.17, 15) is 4.79 Å². The summed E-state index contributed by atoms with van der Waals surface area (Å²) in [5.41, 5.74) is 0.630. The number of aliphatic carboxylic acids is 1. The summed E-state index contributed by atoms with van der Waals surface area (Å²) in [6.45, 7) is 5.28. The molecule has 1 aromatic heterocycles. The van der Waals surface area contributed by atoms with E-state index < -0.39 is 11.4 Å². The molecule has 2 N–H and O–H groups in total. The number of carbonyl (C=O) groups is 1. The molecule has 0 saturated carbocycles. The Bertz CT molecular complexity index is 315. The minimum absolute atomic E-state index is 0.580. The topological polar surface area (TPSA) is 66.0 Å². The molecule has 0 aliphatic carbocycles. The maximum absolute atomic E-state index is 10.9. The molecule has 0 aliphatic heterocycles. The monoisotopic (exact) mass is 182 g/mol. The highest BCUT2D eigenvalue weighted by Gasteiger charge is 2.31. The van der Waals surface area contributed by atoms with Crippen molar-refractivity contribution in [2.24, 2.45) is 0 Å². The number of rotatable bonds is 3. The van der Waals surface area contributed by atoms with E-state index in [0.717, 1.165) is 12.1 Å².